The standard InChI is InChI=1S/C15H26N2S/c1-10(2)17-15(8-6-7-11(3)9-15)14-16-12(4)13(5)18-14/h10-11,17H,6-9H2,1-5H3. The molecule has 2 nitrogen and oxygen atoms in total. The first kappa shape index (κ1) is 14.0. The lowest BCUT2D eigenvalue weighted by Gasteiger charge is -2.41. The van der Waals surface area contributed by atoms with Crippen molar-refractivity contribution in [3.8, 4) is 0 Å². The Morgan fingerprint density at radius 1 is 1.39 bits per heavy atom. The van der Waals surface area contributed by atoms with Crippen LogP contribution in [0.1, 0.15) is 62.0 Å². The fraction of sp³-hybridized carbons (Fsp3) is 0.800. The second-order valence-electron chi connectivity index (χ2n) is 6.24. The number of thiazole rings is 1. The summed E-state index contributed by atoms with van der Waals surface area (Å²) in [6.07, 6.45) is 5.16. The smallest absolute Gasteiger partial charge is 0.113 e. The van der Waals surface area contributed by atoms with Gasteiger partial charge in [-0.15, -0.1) is 11.3 Å². The van der Waals surface area contributed by atoms with Crippen molar-refractivity contribution in [1.82, 2.24) is 10.3 Å². The molecule has 0 saturated heterocycles. The van der Waals surface area contributed by atoms with Crippen LogP contribution in [0, 0.1) is 19.8 Å². The van der Waals surface area contributed by atoms with Crippen LogP contribution in [0.4, 0.5) is 0 Å². The molecule has 1 saturated carbocycles. The number of nitrogens with one attached hydrogen (secondary N) is 1. The molecular formula is C15H26N2S. The Morgan fingerprint density at radius 3 is 2.61 bits per heavy atom. The van der Waals surface area contributed by atoms with Gasteiger partial charge < -0.3 is 5.32 Å². The van der Waals surface area contributed by atoms with E-state index in [4.69, 9.17) is 4.98 Å². The van der Waals surface area contributed by atoms with E-state index in [1.54, 1.807) is 0 Å². The summed E-state index contributed by atoms with van der Waals surface area (Å²) >= 11 is 1.89. The zero-order chi connectivity index (χ0) is 13.3. The number of hydrogen-bond donors (Lipinski definition) is 1. The molecule has 1 N–H and O–H groups in total. The number of hydrogen-bond acceptors (Lipinski definition) is 3. The van der Waals surface area contributed by atoms with Crippen molar-refractivity contribution < 1.29 is 0 Å². The molecule has 2 rings (SSSR count). The van der Waals surface area contributed by atoms with Crippen LogP contribution in [-0.2, 0) is 5.54 Å². The molecule has 1 aromatic heterocycles. The fourth-order valence-electron chi connectivity index (χ4n) is 3.17. The predicted octanol–water partition coefficient (Wildman–Crippen LogP) is 4.16. The Balaban J connectivity index is 2.34. The lowest BCUT2D eigenvalue weighted by molar-refractivity contribution is 0.174. The molecule has 1 aliphatic carbocycles. The van der Waals surface area contributed by atoms with Crippen molar-refractivity contribution >= 4 is 11.3 Å². The molecule has 0 amide bonds. The van der Waals surface area contributed by atoms with Crippen LogP contribution < -0.4 is 5.32 Å². The Hall–Kier alpha value is -0.410. The summed E-state index contributed by atoms with van der Waals surface area (Å²) < 4.78 is 0. The van der Waals surface area contributed by atoms with Gasteiger partial charge in [-0.2, -0.15) is 0 Å². The fourth-order valence-corrected chi connectivity index (χ4v) is 4.27. The van der Waals surface area contributed by atoms with Gasteiger partial charge in [0.15, 0.2) is 0 Å². The minimum atomic E-state index is 0.134. The van der Waals surface area contributed by atoms with E-state index in [-0.39, 0.29) is 5.54 Å². The van der Waals surface area contributed by atoms with Crippen LogP contribution in [0.2, 0.25) is 0 Å². The van der Waals surface area contributed by atoms with Gasteiger partial charge in [-0.25, -0.2) is 4.98 Å². The summed E-state index contributed by atoms with van der Waals surface area (Å²) in [5, 5.41) is 5.15. The van der Waals surface area contributed by atoms with Crippen LogP contribution >= 0.6 is 11.3 Å². The average molecular weight is 266 g/mol. The molecule has 2 unspecified atom stereocenters. The minimum Gasteiger partial charge on any atom is -0.303 e. The molecule has 18 heavy (non-hydrogen) atoms. The highest BCUT2D eigenvalue weighted by atomic mass is 32.1. The summed E-state index contributed by atoms with van der Waals surface area (Å²) in [4.78, 5) is 6.22. The number of aryl methyl sites for hydroxylation is 2. The summed E-state index contributed by atoms with van der Waals surface area (Å²) in [5.74, 6) is 0.800. The zero-order valence-corrected chi connectivity index (χ0v) is 13.2. The van der Waals surface area contributed by atoms with Crippen molar-refractivity contribution in [1.29, 1.82) is 0 Å². The molecule has 0 aromatic carbocycles. The van der Waals surface area contributed by atoms with Crippen molar-refractivity contribution in [3.05, 3.63) is 15.6 Å². The SMILES string of the molecule is Cc1nc(C2(NC(C)C)CCCC(C)C2)sc1C. The first-order valence-corrected chi connectivity index (χ1v) is 7.97. The van der Waals surface area contributed by atoms with Gasteiger partial charge in [-0.05, 0) is 46.5 Å². The summed E-state index contributed by atoms with van der Waals surface area (Å²) in [5.41, 5.74) is 1.34. The van der Waals surface area contributed by atoms with Gasteiger partial charge in [0, 0.05) is 10.9 Å². The lowest BCUT2D eigenvalue weighted by Crippen LogP contribution is -2.48. The third kappa shape index (κ3) is 2.77. The van der Waals surface area contributed by atoms with Gasteiger partial charge in [0.25, 0.3) is 0 Å². The van der Waals surface area contributed by atoms with Gasteiger partial charge in [-0.3, -0.25) is 0 Å². The number of aromatic nitrogens is 1. The molecule has 0 radical (unpaired) electrons. The van der Waals surface area contributed by atoms with Crippen LogP contribution in [0.5, 0.6) is 0 Å². The van der Waals surface area contributed by atoms with Crippen LogP contribution in [0.15, 0.2) is 0 Å². The van der Waals surface area contributed by atoms with Crippen molar-refractivity contribution in [2.24, 2.45) is 5.92 Å². The van der Waals surface area contributed by atoms with Crippen LogP contribution in [0.25, 0.3) is 0 Å². The van der Waals surface area contributed by atoms with E-state index in [0.717, 1.165) is 5.92 Å². The van der Waals surface area contributed by atoms with Gasteiger partial charge in [0.2, 0.25) is 0 Å². The molecule has 3 heteroatoms. The molecule has 0 bridgehead atoms. The van der Waals surface area contributed by atoms with Crippen molar-refractivity contribution in [3.63, 3.8) is 0 Å². The van der Waals surface area contributed by atoms with Gasteiger partial charge in [-0.1, -0.05) is 19.8 Å². The van der Waals surface area contributed by atoms with E-state index in [1.807, 2.05) is 11.3 Å². The molecule has 1 fully saturated rings. The average Bonchev–Trinajstić information content (AvgIpc) is 2.59. The first-order valence-electron chi connectivity index (χ1n) is 7.15. The Morgan fingerprint density at radius 2 is 2.11 bits per heavy atom. The van der Waals surface area contributed by atoms with Crippen LogP contribution in [-0.4, -0.2) is 11.0 Å². The molecular weight excluding hydrogens is 240 g/mol. The zero-order valence-electron chi connectivity index (χ0n) is 12.3. The molecule has 0 spiro atoms. The van der Waals surface area contributed by atoms with Gasteiger partial charge in [0.1, 0.15) is 5.01 Å². The van der Waals surface area contributed by atoms with E-state index in [2.05, 4.69) is 39.9 Å². The lowest BCUT2D eigenvalue weighted by atomic mass is 9.76. The Bertz CT molecular complexity index is 387. The molecule has 2 atom stereocenters. The van der Waals surface area contributed by atoms with E-state index < -0.39 is 0 Å². The van der Waals surface area contributed by atoms with E-state index >= 15 is 0 Å². The predicted molar refractivity (Wildman–Crippen MR) is 79.2 cm³/mol. The normalized spacial score (nSPS) is 28.9. The maximum atomic E-state index is 4.85. The second kappa shape index (κ2) is 5.30. The second-order valence-corrected chi connectivity index (χ2v) is 7.45. The molecule has 102 valence electrons. The highest BCUT2D eigenvalue weighted by Gasteiger charge is 2.39. The Labute approximate surface area is 115 Å². The van der Waals surface area contributed by atoms with E-state index in [0.29, 0.717) is 6.04 Å². The van der Waals surface area contributed by atoms with E-state index in [9.17, 15) is 0 Å². The monoisotopic (exact) mass is 266 g/mol. The molecule has 1 aromatic rings. The van der Waals surface area contributed by atoms with E-state index in [1.165, 1.54) is 41.3 Å². The summed E-state index contributed by atoms with van der Waals surface area (Å²) in [6.45, 7) is 11.2. The molecule has 1 aliphatic rings. The summed E-state index contributed by atoms with van der Waals surface area (Å²) in [7, 11) is 0. The topological polar surface area (TPSA) is 24.9 Å². The maximum Gasteiger partial charge on any atom is 0.113 e. The first-order chi connectivity index (χ1) is 8.43. The van der Waals surface area contributed by atoms with Gasteiger partial charge >= 0.3 is 0 Å². The third-order valence-corrected chi connectivity index (χ3v) is 5.28. The van der Waals surface area contributed by atoms with Crippen molar-refractivity contribution in [2.75, 3.05) is 0 Å². The number of rotatable bonds is 3. The van der Waals surface area contributed by atoms with Crippen molar-refractivity contribution in [2.45, 2.75) is 71.9 Å². The Kier molecular flexibility index (Phi) is 4.12. The van der Waals surface area contributed by atoms with Crippen LogP contribution in [0.3, 0.4) is 0 Å². The molecule has 1 heterocycles. The highest BCUT2D eigenvalue weighted by Crippen LogP contribution is 2.42. The number of nitrogens with zero attached hydrogens (tertiary/aromatic N) is 1. The largest absolute Gasteiger partial charge is 0.303 e. The minimum absolute atomic E-state index is 0.134. The van der Waals surface area contributed by atoms with Gasteiger partial charge in [0.05, 0.1) is 11.2 Å². The quantitative estimate of drug-likeness (QED) is 0.888. The highest BCUT2D eigenvalue weighted by molar-refractivity contribution is 7.11. The summed E-state index contributed by atoms with van der Waals surface area (Å²) in [6, 6.07) is 0.514. The third-order valence-electron chi connectivity index (χ3n) is 4.00. The maximum absolute atomic E-state index is 4.85. The molecule has 0 aliphatic heterocycles.